The first-order chi connectivity index (χ1) is 19.4. The highest BCUT2D eigenvalue weighted by Crippen LogP contribution is 2.33. The first-order valence-electron chi connectivity index (χ1n) is 13.2. The summed E-state index contributed by atoms with van der Waals surface area (Å²) in [6.45, 7) is 1.29. The number of alkyl halides is 2. The van der Waals surface area contributed by atoms with E-state index in [4.69, 9.17) is 0 Å². The van der Waals surface area contributed by atoms with Crippen molar-refractivity contribution >= 4 is 28.8 Å². The molecular formula is C31H29F2N3O3S. The summed E-state index contributed by atoms with van der Waals surface area (Å²) in [7, 11) is 0. The number of anilines is 1. The summed E-state index contributed by atoms with van der Waals surface area (Å²) >= 11 is 1.44. The van der Waals surface area contributed by atoms with Gasteiger partial charge in [-0.25, -0.2) is 13.8 Å². The number of carbonyl (C=O) groups is 2. The Balaban J connectivity index is 1.17. The molecule has 0 aliphatic carbocycles. The molecule has 1 saturated heterocycles. The molecule has 4 aromatic rings. The van der Waals surface area contributed by atoms with Crippen LogP contribution >= 0.6 is 11.3 Å². The zero-order valence-corrected chi connectivity index (χ0v) is 22.5. The Kier molecular flexibility index (Phi) is 8.50. The standard InChI is InChI=1S/C31H29F2N3O3S/c32-29(33)23-5-3-4-22(18-23)25-6-1-2-7-26(25)34-30(39)27-19-40-31(35-27)21-14-16-36(17-15-21)28(38)13-10-20-8-11-24(37)12-9-20/h1-9,11-12,18-19,21,29,37H,10,13-17H2,(H,34,39). The van der Waals surface area contributed by atoms with Crippen LogP contribution in [0, 0.1) is 0 Å². The summed E-state index contributed by atoms with van der Waals surface area (Å²) < 4.78 is 26.4. The highest BCUT2D eigenvalue weighted by atomic mass is 32.1. The maximum Gasteiger partial charge on any atom is 0.275 e. The van der Waals surface area contributed by atoms with Gasteiger partial charge in [-0.15, -0.1) is 11.3 Å². The van der Waals surface area contributed by atoms with E-state index >= 15 is 0 Å². The van der Waals surface area contributed by atoms with Crippen LogP contribution in [0.1, 0.15) is 58.2 Å². The lowest BCUT2D eigenvalue weighted by molar-refractivity contribution is -0.132. The average Bonchev–Trinajstić information content (AvgIpc) is 3.48. The van der Waals surface area contributed by atoms with Gasteiger partial charge in [0.05, 0.1) is 5.01 Å². The molecule has 40 heavy (non-hydrogen) atoms. The Morgan fingerprint density at radius 3 is 2.52 bits per heavy atom. The number of thiazole rings is 1. The Hall–Kier alpha value is -4.11. The number of aromatic nitrogens is 1. The molecule has 1 aromatic heterocycles. The van der Waals surface area contributed by atoms with Crippen molar-refractivity contribution in [2.24, 2.45) is 0 Å². The van der Waals surface area contributed by atoms with Gasteiger partial charge in [0.25, 0.3) is 12.3 Å². The van der Waals surface area contributed by atoms with E-state index in [1.807, 2.05) is 17.0 Å². The second kappa shape index (κ2) is 12.4. The highest BCUT2D eigenvalue weighted by Gasteiger charge is 2.26. The fourth-order valence-corrected chi connectivity index (χ4v) is 5.87. The van der Waals surface area contributed by atoms with Gasteiger partial charge in [-0.05, 0) is 54.7 Å². The SMILES string of the molecule is O=C(Nc1ccccc1-c1cccc(C(F)F)c1)c1csc(C2CCN(C(=O)CCc3ccc(O)cc3)CC2)n1. The fraction of sp³-hybridized carbons (Fsp3) is 0.258. The van der Waals surface area contributed by atoms with E-state index in [0.717, 1.165) is 23.4 Å². The summed E-state index contributed by atoms with van der Waals surface area (Å²) in [5, 5.41) is 14.9. The third-order valence-electron chi connectivity index (χ3n) is 7.14. The second-order valence-corrected chi connectivity index (χ2v) is 10.7. The Labute approximate surface area is 235 Å². The molecule has 0 radical (unpaired) electrons. The van der Waals surface area contributed by atoms with Crippen LogP contribution in [0.2, 0.25) is 0 Å². The van der Waals surface area contributed by atoms with Crippen molar-refractivity contribution in [1.29, 1.82) is 0 Å². The number of rotatable bonds is 8. The number of aromatic hydroxyl groups is 1. The van der Waals surface area contributed by atoms with Gasteiger partial charge in [0.2, 0.25) is 5.91 Å². The Morgan fingerprint density at radius 2 is 1.77 bits per heavy atom. The quantitative estimate of drug-likeness (QED) is 0.242. The number of amides is 2. The molecule has 2 amide bonds. The molecular weight excluding hydrogens is 532 g/mol. The molecule has 2 heterocycles. The topological polar surface area (TPSA) is 82.5 Å². The lowest BCUT2D eigenvalue weighted by atomic mass is 9.97. The molecule has 3 aromatic carbocycles. The molecule has 9 heteroatoms. The first-order valence-corrected chi connectivity index (χ1v) is 14.1. The fourth-order valence-electron chi connectivity index (χ4n) is 4.90. The number of hydrogen-bond acceptors (Lipinski definition) is 5. The summed E-state index contributed by atoms with van der Waals surface area (Å²) in [5.41, 5.74) is 3.01. The van der Waals surface area contributed by atoms with Gasteiger partial charge in [0.15, 0.2) is 0 Å². The third-order valence-corrected chi connectivity index (χ3v) is 8.15. The molecule has 1 fully saturated rings. The summed E-state index contributed by atoms with van der Waals surface area (Å²) in [5.74, 6) is 0.144. The van der Waals surface area contributed by atoms with Crippen LogP contribution in [0.3, 0.4) is 0 Å². The van der Waals surface area contributed by atoms with Crippen LogP contribution in [0.4, 0.5) is 14.5 Å². The van der Waals surface area contributed by atoms with Crippen LogP contribution in [-0.2, 0) is 11.2 Å². The maximum absolute atomic E-state index is 13.2. The second-order valence-electron chi connectivity index (χ2n) is 9.82. The number of nitrogens with zero attached hydrogens (tertiary/aromatic N) is 2. The van der Waals surface area contributed by atoms with Crippen molar-refractivity contribution in [3.63, 3.8) is 0 Å². The normalized spacial score (nSPS) is 13.9. The van der Waals surface area contributed by atoms with Gasteiger partial charge in [0.1, 0.15) is 11.4 Å². The zero-order valence-electron chi connectivity index (χ0n) is 21.7. The molecule has 1 aliphatic rings. The molecule has 0 unspecified atom stereocenters. The Morgan fingerprint density at radius 1 is 1.02 bits per heavy atom. The average molecular weight is 562 g/mol. The number of para-hydroxylation sites is 1. The number of nitrogens with one attached hydrogen (secondary N) is 1. The molecule has 0 spiro atoms. The van der Waals surface area contributed by atoms with Crippen molar-refractivity contribution in [3.8, 4) is 16.9 Å². The van der Waals surface area contributed by atoms with E-state index in [9.17, 15) is 23.5 Å². The highest BCUT2D eigenvalue weighted by molar-refractivity contribution is 7.10. The molecule has 206 valence electrons. The minimum atomic E-state index is -2.58. The third kappa shape index (κ3) is 6.54. The molecule has 2 N–H and O–H groups in total. The van der Waals surface area contributed by atoms with Crippen molar-refractivity contribution in [3.05, 3.63) is 100 Å². The number of benzene rings is 3. The van der Waals surface area contributed by atoms with Crippen LogP contribution in [-0.4, -0.2) is 39.9 Å². The van der Waals surface area contributed by atoms with Gasteiger partial charge in [-0.2, -0.15) is 0 Å². The van der Waals surface area contributed by atoms with Crippen LogP contribution in [0.5, 0.6) is 5.75 Å². The molecule has 6 nitrogen and oxygen atoms in total. The number of halogens is 2. The smallest absolute Gasteiger partial charge is 0.275 e. The molecule has 0 atom stereocenters. The van der Waals surface area contributed by atoms with Crippen molar-refractivity contribution in [2.75, 3.05) is 18.4 Å². The molecule has 0 saturated carbocycles. The van der Waals surface area contributed by atoms with Crippen LogP contribution in [0.25, 0.3) is 11.1 Å². The van der Waals surface area contributed by atoms with E-state index in [-0.39, 0.29) is 29.0 Å². The van der Waals surface area contributed by atoms with Gasteiger partial charge >= 0.3 is 0 Å². The number of piperidine rings is 1. The number of hydrogen-bond donors (Lipinski definition) is 2. The zero-order chi connectivity index (χ0) is 28.1. The van der Waals surface area contributed by atoms with Crippen molar-refractivity contribution in [1.82, 2.24) is 9.88 Å². The predicted octanol–water partition coefficient (Wildman–Crippen LogP) is 7.04. The first kappa shape index (κ1) is 27.5. The number of likely N-dealkylation sites (tertiary alicyclic amines) is 1. The lowest BCUT2D eigenvalue weighted by Gasteiger charge is -2.31. The number of carbonyl (C=O) groups excluding carboxylic acids is 2. The summed E-state index contributed by atoms with van der Waals surface area (Å²) in [6, 6.07) is 20.1. The largest absolute Gasteiger partial charge is 0.508 e. The lowest BCUT2D eigenvalue weighted by Crippen LogP contribution is -2.38. The molecule has 5 rings (SSSR count). The van der Waals surface area contributed by atoms with E-state index in [1.54, 1.807) is 53.9 Å². The minimum Gasteiger partial charge on any atom is -0.508 e. The van der Waals surface area contributed by atoms with E-state index in [1.165, 1.54) is 23.5 Å². The van der Waals surface area contributed by atoms with Crippen molar-refractivity contribution in [2.45, 2.75) is 38.0 Å². The van der Waals surface area contributed by atoms with Gasteiger partial charge in [0, 0.05) is 47.6 Å². The van der Waals surface area contributed by atoms with Gasteiger partial charge in [-0.3, -0.25) is 9.59 Å². The summed E-state index contributed by atoms with van der Waals surface area (Å²) in [4.78, 5) is 32.3. The van der Waals surface area contributed by atoms with Gasteiger partial charge < -0.3 is 15.3 Å². The molecule has 1 aliphatic heterocycles. The van der Waals surface area contributed by atoms with E-state index in [2.05, 4.69) is 10.3 Å². The van der Waals surface area contributed by atoms with Crippen LogP contribution < -0.4 is 5.32 Å². The van der Waals surface area contributed by atoms with Gasteiger partial charge in [-0.1, -0.05) is 48.5 Å². The number of aryl methyl sites for hydroxylation is 1. The maximum atomic E-state index is 13.2. The van der Waals surface area contributed by atoms with E-state index < -0.39 is 6.43 Å². The van der Waals surface area contributed by atoms with Crippen molar-refractivity contribution < 1.29 is 23.5 Å². The number of phenols is 1. The van der Waals surface area contributed by atoms with E-state index in [0.29, 0.717) is 48.4 Å². The predicted molar refractivity (Wildman–Crippen MR) is 152 cm³/mol. The molecule has 0 bridgehead atoms. The summed E-state index contributed by atoms with van der Waals surface area (Å²) in [6.07, 6.45) is 0.0343. The minimum absolute atomic E-state index is 0.0761. The monoisotopic (exact) mass is 561 g/mol. The van der Waals surface area contributed by atoms with Crippen LogP contribution in [0.15, 0.2) is 78.2 Å². The Bertz CT molecular complexity index is 1480. The number of phenolic OH excluding ortho intramolecular Hbond substituents is 1.